The Labute approximate surface area is 207 Å². The Balaban J connectivity index is 1.58. The van der Waals surface area contributed by atoms with Gasteiger partial charge in [-0.2, -0.15) is 0 Å². The molecule has 3 aromatic rings. The fourth-order valence-corrected chi connectivity index (χ4v) is 3.82. The van der Waals surface area contributed by atoms with Gasteiger partial charge in [-0.1, -0.05) is 75.4 Å². The molecular formula is C29H35N3O3. The van der Waals surface area contributed by atoms with Crippen LogP contribution in [0.4, 0.5) is 0 Å². The van der Waals surface area contributed by atoms with E-state index in [-0.39, 0.29) is 42.6 Å². The Kier molecular flexibility index (Phi) is 9.01. The molecule has 0 aliphatic carbocycles. The summed E-state index contributed by atoms with van der Waals surface area (Å²) in [4.78, 5) is 38.1. The van der Waals surface area contributed by atoms with Crippen LogP contribution in [0.1, 0.15) is 55.6 Å². The highest BCUT2D eigenvalue weighted by Gasteiger charge is 2.24. The van der Waals surface area contributed by atoms with Gasteiger partial charge in [0.05, 0.1) is 6.42 Å². The molecule has 0 aliphatic rings. The topological polar surface area (TPSA) is 87.3 Å². The summed E-state index contributed by atoms with van der Waals surface area (Å²) in [7, 11) is 0. The third-order valence-corrected chi connectivity index (χ3v) is 6.09. The number of nitrogens with one attached hydrogen (secondary N) is 3. The second kappa shape index (κ2) is 12.2. The van der Waals surface area contributed by atoms with E-state index in [4.69, 9.17) is 0 Å². The fraction of sp³-hybridized carbons (Fsp3) is 0.345. The molecule has 6 heteroatoms. The molecule has 0 saturated carbocycles. The number of hydrogen-bond acceptors (Lipinski definition) is 3. The lowest BCUT2D eigenvalue weighted by atomic mass is 10.0. The zero-order valence-corrected chi connectivity index (χ0v) is 20.9. The molecule has 0 spiro atoms. The largest absolute Gasteiger partial charge is 0.350 e. The predicted octanol–water partition coefficient (Wildman–Crippen LogP) is 4.37. The number of hydrogen-bond donors (Lipinski definition) is 3. The monoisotopic (exact) mass is 473 g/mol. The molecule has 184 valence electrons. The van der Waals surface area contributed by atoms with Crippen molar-refractivity contribution in [3.8, 4) is 0 Å². The molecule has 3 rings (SSSR count). The van der Waals surface area contributed by atoms with E-state index in [0.29, 0.717) is 5.56 Å². The van der Waals surface area contributed by atoms with Crippen molar-refractivity contribution >= 4 is 28.5 Å². The standard InChI is InChI=1S/C29H35N3O3/c1-5-20(4)31-28(34)25-12-8-9-22(16-25)18-30-29(35)27(19(2)3)32-26(33)17-21-13-14-23-10-6-7-11-24(23)15-21/h6-16,19-20,27H,5,17-18H2,1-4H3,(H,30,35)(H,31,34)(H,32,33). The molecule has 0 heterocycles. The van der Waals surface area contributed by atoms with Gasteiger partial charge in [-0.05, 0) is 53.3 Å². The molecule has 3 N–H and O–H groups in total. The van der Waals surface area contributed by atoms with Gasteiger partial charge in [-0.15, -0.1) is 0 Å². The van der Waals surface area contributed by atoms with Crippen LogP contribution < -0.4 is 16.0 Å². The first-order chi connectivity index (χ1) is 16.8. The number of amides is 3. The van der Waals surface area contributed by atoms with Crippen LogP contribution in [0, 0.1) is 5.92 Å². The van der Waals surface area contributed by atoms with Crippen molar-refractivity contribution in [1.29, 1.82) is 0 Å². The maximum absolute atomic E-state index is 12.9. The highest BCUT2D eigenvalue weighted by atomic mass is 16.2. The molecule has 0 radical (unpaired) electrons. The predicted molar refractivity (Wildman–Crippen MR) is 140 cm³/mol. The molecule has 0 saturated heterocycles. The molecule has 35 heavy (non-hydrogen) atoms. The lowest BCUT2D eigenvalue weighted by molar-refractivity contribution is -0.129. The van der Waals surface area contributed by atoms with Crippen molar-refractivity contribution in [2.45, 2.75) is 59.2 Å². The van der Waals surface area contributed by atoms with E-state index in [1.165, 1.54) is 0 Å². The second-order valence-corrected chi connectivity index (χ2v) is 9.35. The highest BCUT2D eigenvalue weighted by molar-refractivity contribution is 5.94. The first-order valence-electron chi connectivity index (χ1n) is 12.2. The Morgan fingerprint density at radius 2 is 1.54 bits per heavy atom. The summed E-state index contributed by atoms with van der Waals surface area (Å²) in [5.41, 5.74) is 2.28. The third kappa shape index (κ3) is 7.41. The molecule has 0 bridgehead atoms. The van der Waals surface area contributed by atoms with Gasteiger partial charge in [-0.25, -0.2) is 0 Å². The van der Waals surface area contributed by atoms with E-state index in [9.17, 15) is 14.4 Å². The quantitative estimate of drug-likeness (QED) is 0.409. The van der Waals surface area contributed by atoms with E-state index in [0.717, 1.165) is 28.3 Å². The summed E-state index contributed by atoms with van der Waals surface area (Å²) >= 11 is 0. The highest BCUT2D eigenvalue weighted by Crippen LogP contribution is 2.16. The average molecular weight is 474 g/mol. The Bertz CT molecular complexity index is 1190. The van der Waals surface area contributed by atoms with Crippen molar-refractivity contribution in [2.24, 2.45) is 5.92 Å². The van der Waals surface area contributed by atoms with E-state index >= 15 is 0 Å². The number of fused-ring (bicyclic) bond motifs is 1. The summed E-state index contributed by atoms with van der Waals surface area (Å²) in [6.45, 7) is 8.05. The third-order valence-electron chi connectivity index (χ3n) is 6.09. The van der Waals surface area contributed by atoms with E-state index in [1.54, 1.807) is 18.2 Å². The van der Waals surface area contributed by atoms with E-state index in [2.05, 4.69) is 16.0 Å². The molecule has 0 aliphatic heterocycles. The Morgan fingerprint density at radius 1 is 0.800 bits per heavy atom. The van der Waals surface area contributed by atoms with Gasteiger partial charge < -0.3 is 16.0 Å². The SMILES string of the molecule is CCC(C)NC(=O)c1cccc(CNC(=O)C(NC(=O)Cc2ccc3ccccc3c2)C(C)C)c1. The molecule has 3 amide bonds. The molecular weight excluding hydrogens is 438 g/mol. The molecule has 2 atom stereocenters. The van der Waals surface area contributed by atoms with Crippen molar-refractivity contribution < 1.29 is 14.4 Å². The van der Waals surface area contributed by atoms with Crippen LogP contribution in [0.5, 0.6) is 0 Å². The Morgan fingerprint density at radius 3 is 2.26 bits per heavy atom. The van der Waals surface area contributed by atoms with E-state index < -0.39 is 6.04 Å². The minimum Gasteiger partial charge on any atom is -0.350 e. The van der Waals surface area contributed by atoms with Crippen molar-refractivity contribution in [3.05, 3.63) is 83.4 Å². The first-order valence-corrected chi connectivity index (χ1v) is 12.2. The zero-order chi connectivity index (χ0) is 25.4. The van der Waals surface area contributed by atoms with Crippen LogP contribution in [0.3, 0.4) is 0 Å². The van der Waals surface area contributed by atoms with Crippen LogP contribution in [0.15, 0.2) is 66.7 Å². The van der Waals surface area contributed by atoms with Crippen molar-refractivity contribution in [1.82, 2.24) is 16.0 Å². The lowest BCUT2D eigenvalue weighted by Crippen LogP contribution is -2.49. The molecule has 2 unspecified atom stereocenters. The normalized spacial score (nSPS) is 12.7. The van der Waals surface area contributed by atoms with Gasteiger partial charge in [0.2, 0.25) is 11.8 Å². The zero-order valence-electron chi connectivity index (χ0n) is 20.9. The molecule has 0 fully saturated rings. The summed E-state index contributed by atoms with van der Waals surface area (Å²) in [5.74, 6) is -0.657. The minimum atomic E-state index is -0.653. The van der Waals surface area contributed by atoms with Gasteiger partial charge >= 0.3 is 0 Å². The van der Waals surface area contributed by atoms with Crippen LogP contribution in [-0.4, -0.2) is 29.8 Å². The van der Waals surface area contributed by atoms with Crippen LogP contribution in [0.2, 0.25) is 0 Å². The molecule has 6 nitrogen and oxygen atoms in total. The number of carbonyl (C=O) groups is 3. The summed E-state index contributed by atoms with van der Waals surface area (Å²) < 4.78 is 0. The Hall–Kier alpha value is -3.67. The maximum Gasteiger partial charge on any atom is 0.251 e. The lowest BCUT2D eigenvalue weighted by Gasteiger charge is -2.22. The van der Waals surface area contributed by atoms with Gasteiger partial charge in [0.15, 0.2) is 0 Å². The van der Waals surface area contributed by atoms with Crippen LogP contribution >= 0.6 is 0 Å². The van der Waals surface area contributed by atoms with Gasteiger partial charge in [0.1, 0.15) is 6.04 Å². The van der Waals surface area contributed by atoms with E-state index in [1.807, 2.05) is 76.2 Å². The summed E-state index contributed by atoms with van der Waals surface area (Å²) in [5, 5.41) is 10.9. The van der Waals surface area contributed by atoms with Crippen molar-refractivity contribution in [3.63, 3.8) is 0 Å². The van der Waals surface area contributed by atoms with Gasteiger partial charge in [0, 0.05) is 18.2 Å². The first kappa shape index (κ1) is 25.9. The van der Waals surface area contributed by atoms with Crippen LogP contribution in [0.25, 0.3) is 10.8 Å². The number of rotatable bonds is 10. The molecule has 3 aromatic carbocycles. The second-order valence-electron chi connectivity index (χ2n) is 9.35. The average Bonchev–Trinajstić information content (AvgIpc) is 2.85. The van der Waals surface area contributed by atoms with Crippen molar-refractivity contribution in [2.75, 3.05) is 0 Å². The smallest absolute Gasteiger partial charge is 0.251 e. The number of carbonyl (C=O) groups excluding carboxylic acids is 3. The fourth-order valence-electron chi connectivity index (χ4n) is 3.82. The number of benzene rings is 3. The minimum absolute atomic E-state index is 0.0804. The molecule has 0 aromatic heterocycles. The van der Waals surface area contributed by atoms with Gasteiger partial charge in [0.25, 0.3) is 5.91 Å². The van der Waals surface area contributed by atoms with Crippen LogP contribution in [-0.2, 0) is 22.6 Å². The van der Waals surface area contributed by atoms with Gasteiger partial charge in [-0.3, -0.25) is 14.4 Å². The summed E-state index contributed by atoms with van der Waals surface area (Å²) in [6, 6.07) is 20.6. The maximum atomic E-state index is 12.9. The summed E-state index contributed by atoms with van der Waals surface area (Å²) in [6.07, 6.45) is 1.05.